The summed E-state index contributed by atoms with van der Waals surface area (Å²) in [6.45, 7) is 2.04. The van der Waals surface area contributed by atoms with Crippen LogP contribution in [0.15, 0.2) is 24.4 Å². The van der Waals surface area contributed by atoms with Crippen LogP contribution in [-0.4, -0.2) is 18.1 Å². The molecule has 3 heteroatoms. The van der Waals surface area contributed by atoms with Gasteiger partial charge in [0, 0.05) is 47.1 Å². The van der Waals surface area contributed by atoms with E-state index in [1.165, 1.54) is 49.6 Å². The summed E-state index contributed by atoms with van der Waals surface area (Å²) >= 11 is 0. The highest BCUT2D eigenvalue weighted by atomic mass is 15.1. The van der Waals surface area contributed by atoms with Gasteiger partial charge < -0.3 is 10.6 Å². The van der Waals surface area contributed by atoms with Crippen LogP contribution in [0.3, 0.4) is 0 Å². The fraction of sp³-hybridized carbons (Fsp3) is 0.500. The maximum absolute atomic E-state index is 6.12. The van der Waals surface area contributed by atoms with Crippen molar-refractivity contribution in [1.82, 2.24) is 4.98 Å². The highest BCUT2D eigenvalue weighted by Crippen LogP contribution is 2.33. The summed E-state index contributed by atoms with van der Waals surface area (Å²) in [5.74, 6) is 0. The van der Waals surface area contributed by atoms with E-state index in [1.54, 1.807) is 0 Å². The number of pyridine rings is 1. The number of anilines is 2. The van der Waals surface area contributed by atoms with Gasteiger partial charge in [-0.05, 0) is 38.0 Å². The zero-order valence-corrected chi connectivity index (χ0v) is 13.1. The second-order valence-electron chi connectivity index (χ2n) is 6.30. The molecule has 1 aliphatic carbocycles. The van der Waals surface area contributed by atoms with Gasteiger partial charge in [-0.25, -0.2) is 0 Å². The highest BCUT2D eigenvalue weighted by molar-refractivity contribution is 6.01. The summed E-state index contributed by atoms with van der Waals surface area (Å²) in [7, 11) is 2.23. The quantitative estimate of drug-likeness (QED) is 0.660. The fourth-order valence-electron chi connectivity index (χ4n) is 3.50. The molecule has 0 radical (unpaired) electrons. The molecule has 1 aromatic carbocycles. The lowest BCUT2D eigenvalue weighted by molar-refractivity contribution is 0.554. The maximum atomic E-state index is 6.12. The van der Waals surface area contributed by atoms with E-state index in [-0.39, 0.29) is 0 Å². The van der Waals surface area contributed by atoms with Gasteiger partial charge in [-0.15, -0.1) is 0 Å². The standard InChI is InChI=1S/C18H25N3/c1-13-11-15-16(12-20-13)17(19)9-10-18(15)21(2)14-7-5-3-4-6-8-14/h9-12,14H,3-8,19H2,1-2H3. The Kier molecular flexibility index (Phi) is 4.00. The molecule has 1 fully saturated rings. The third kappa shape index (κ3) is 2.82. The number of hydrogen-bond acceptors (Lipinski definition) is 3. The Morgan fingerprint density at radius 2 is 1.81 bits per heavy atom. The number of nitrogens with two attached hydrogens (primary N) is 1. The normalized spacial score (nSPS) is 16.9. The Bertz CT molecular complexity index is 628. The van der Waals surface area contributed by atoms with Gasteiger partial charge in [-0.2, -0.15) is 0 Å². The number of rotatable bonds is 2. The summed E-state index contributed by atoms with van der Waals surface area (Å²) in [5.41, 5.74) is 9.27. The molecule has 1 heterocycles. The van der Waals surface area contributed by atoms with E-state index in [2.05, 4.69) is 29.1 Å². The second-order valence-corrected chi connectivity index (χ2v) is 6.30. The van der Waals surface area contributed by atoms with Gasteiger partial charge in [-0.3, -0.25) is 4.98 Å². The average molecular weight is 283 g/mol. The van der Waals surface area contributed by atoms with Crippen molar-refractivity contribution >= 4 is 22.1 Å². The van der Waals surface area contributed by atoms with Crippen LogP contribution in [0.1, 0.15) is 44.2 Å². The maximum Gasteiger partial charge on any atom is 0.0448 e. The van der Waals surface area contributed by atoms with Gasteiger partial charge in [-0.1, -0.05) is 25.7 Å². The van der Waals surface area contributed by atoms with Crippen molar-refractivity contribution in [3.63, 3.8) is 0 Å². The molecule has 2 N–H and O–H groups in total. The Morgan fingerprint density at radius 1 is 1.10 bits per heavy atom. The van der Waals surface area contributed by atoms with Crippen LogP contribution >= 0.6 is 0 Å². The fourth-order valence-corrected chi connectivity index (χ4v) is 3.50. The Balaban J connectivity index is 2.02. The smallest absolute Gasteiger partial charge is 0.0448 e. The number of hydrogen-bond donors (Lipinski definition) is 1. The molecule has 1 aliphatic rings. The van der Waals surface area contributed by atoms with Crippen molar-refractivity contribution in [1.29, 1.82) is 0 Å². The summed E-state index contributed by atoms with van der Waals surface area (Å²) in [6.07, 6.45) is 9.97. The van der Waals surface area contributed by atoms with E-state index >= 15 is 0 Å². The largest absolute Gasteiger partial charge is 0.398 e. The number of nitrogen functional groups attached to an aromatic ring is 1. The first-order chi connectivity index (χ1) is 10.2. The molecule has 3 rings (SSSR count). The van der Waals surface area contributed by atoms with E-state index in [0.29, 0.717) is 6.04 Å². The molecule has 112 valence electrons. The van der Waals surface area contributed by atoms with Crippen LogP contribution in [0.25, 0.3) is 10.8 Å². The van der Waals surface area contributed by atoms with Crippen molar-refractivity contribution in [3.8, 4) is 0 Å². The molecule has 0 atom stereocenters. The Hall–Kier alpha value is -1.77. The monoisotopic (exact) mass is 283 g/mol. The minimum absolute atomic E-state index is 0.646. The van der Waals surface area contributed by atoms with Crippen molar-refractivity contribution in [3.05, 3.63) is 30.1 Å². The third-order valence-electron chi connectivity index (χ3n) is 4.80. The molecule has 0 spiro atoms. The molecule has 0 saturated heterocycles. The van der Waals surface area contributed by atoms with E-state index in [4.69, 9.17) is 5.73 Å². The summed E-state index contributed by atoms with van der Waals surface area (Å²) in [6, 6.07) is 6.99. The summed E-state index contributed by atoms with van der Waals surface area (Å²) in [5, 5.41) is 2.30. The van der Waals surface area contributed by atoms with E-state index < -0.39 is 0 Å². The molecule has 0 unspecified atom stereocenters. The van der Waals surface area contributed by atoms with Gasteiger partial charge in [0.2, 0.25) is 0 Å². The number of benzene rings is 1. The Morgan fingerprint density at radius 3 is 2.52 bits per heavy atom. The second kappa shape index (κ2) is 5.92. The number of aryl methyl sites for hydroxylation is 1. The lowest BCUT2D eigenvalue weighted by atomic mass is 10.0. The van der Waals surface area contributed by atoms with Gasteiger partial charge in [0.25, 0.3) is 0 Å². The van der Waals surface area contributed by atoms with Crippen LogP contribution in [0.2, 0.25) is 0 Å². The SMILES string of the molecule is Cc1cc2c(N(C)C3CCCCCC3)ccc(N)c2cn1. The first-order valence-corrected chi connectivity index (χ1v) is 8.04. The molecular weight excluding hydrogens is 258 g/mol. The highest BCUT2D eigenvalue weighted by Gasteiger charge is 2.19. The Labute approximate surface area is 127 Å². The lowest BCUT2D eigenvalue weighted by Gasteiger charge is -2.30. The first kappa shape index (κ1) is 14.2. The summed E-state index contributed by atoms with van der Waals surface area (Å²) < 4.78 is 0. The molecule has 0 aliphatic heterocycles. The minimum atomic E-state index is 0.646. The van der Waals surface area contributed by atoms with Crippen LogP contribution < -0.4 is 10.6 Å². The van der Waals surface area contributed by atoms with E-state index in [9.17, 15) is 0 Å². The van der Waals surface area contributed by atoms with Crippen molar-refractivity contribution in [2.24, 2.45) is 0 Å². The molecular formula is C18H25N3. The van der Waals surface area contributed by atoms with Gasteiger partial charge in [0.1, 0.15) is 0 Å². The van der Waals surface area contributed by atoms with Crippen LogP contribution in [0, 0.1) is 6.92 Å². The molecule has 1 saturated carbocycles. The number of aromatic nitrogens is 1. The number of fused-ring (bicyclic) bond motifs is 1. The first-order valence-electron chi connectivity index (χ1n) is 8.04. The molecule has 1 aromatic heterocycles. The zero-order valence-electron chi connectivity index (χ0n) is 13.1. The van der Waals surface area contributed by atoms with E-state index in [0.717, 1.165) is 16.8 Å². The molecule has 21 heavy (non-hydrogen) atoms. The van der Waals surface area contributed by atoms with Crippen molar-refractivity contribution < 1.29 is 0 Å². The molecule has 3 nitrogen and oxygen atoms in total. The van der Waals surface area contributed by atoms with Crippen LogP contribution in [0.5, 0.6) is 0 Å². The minimum Gasteiger partial charge on any atom is -0.398 e. The molecule has 0 amide bonds. The van der Waals surface area contributed by atoms with Crippen LogP contribution in [-0.2, 0) is 0 Å². The number of nitrogens with zero attached hydrogens (tertiary/aromatic N) is 2. The van der Waals surface area contributed by atoms with Gasteiger partial charge >= 0.3 is 0 Å². The zero-order chi connectivity index (χ0) is 14.8. The summed E-state index contributed by atoms with van der Waals surface area (Å²) in [4.78, 5) is 6.86. The van der Waals surface area contributed by atoms with Crippen LogP contribution in [0.4, 0.5) is 11.4 Å². The van der Waals surface area contributed by atoms with Crippen molar-refractivity contribution in [2.75, 3.05) is 17.7 Å². The predicted molar refractivity (Wildman–Crippen MR) is 90.8 cm³/mol. The van der Waals surface area contributed by atoms with Gasteiger partial charge in [0.05, 0.1) is 0 Å². The van der Waals surface area contributed by atoms with Crippen molar-refractivity contribution in [2.45, 2.75) is 51.5 Å². The van der Waals surface area contributed by atoms with Gasteiger partial charge in [0.15, 0.2) is 0 Å². The molecule has 2 aromatic rings. The van der Waals surface area contributed by atoms with E-state index in [1.807, 2.05) is 19.2 Å². The topological polar surface area (TPSA) is 42.1 Å². The molecule has 0 bridgehead atoms. The lowest BCUT2D eigenvalue weighted by Crippen LogP contribution is -2.31. The third-order valence-corrected chi connectivity index (χ3v) is 4.80. The predicted octanol–water partition coefficient (Wildman–Crippen LogP) is 4.28. The average Bonchev–Trinajstić information content (AvgIpc) is 2.76.